The van der Waals surface area contributed by atoms with Crippen LogP contribution in [0.3, 0.4) is 0 Å². The summed E-state index contributed by atoms with van der Waals surface area (Å²) in [5.74, 6) is 0.588. The Bertz CT molecular complexity index is 1370. The molecule has 4 aromatic rings. The van der Waals surface area contributed by atoms with Crippen molar-refractivity contribution in [2.75, 3.05) is 0 Å². The van der Waals surface area contributed by atoms with Gasteiger partial charge in [-0.25, -0.2) is 4.98 Å². The maximum atomic E-state index is 13.8. The Morgan fingerprint density at radius 2 is 1.84 bits per heavy atom. The zero-order valence-corrected chi connectivity index (χ0v) is 21.6. The Morgan fingerprint density at radius 3 is 2.53 bits per heavy atom. The van der Waals surface area contributed by atoms with E-state index in [1.165, 1.54) is 22.2 Å². The van der Waals surface area contributed by atoms with E-state index in [1.807, 2.05) is 25.1 Å². The van der Waals surface area contributed by atoms with E-state index < -0.39 is 0 Å². The molecule has 0 saturated heterocycles. The number of thioether (sulfide) groups is 1. The van der Waals surface area contributed by atoms with Gasteiger partial charge in [0.15, 0.2) is 5.16 Å². The van der Waals surface area contributed by atoms with Gasteiger partial charge in [-0.05, 0) is 73.7 Å². The predicted molar refractivity (Wildman–Crippen MR) is 139 cm³/mol. The molecule has 2 heterocycles. The molecule has 0 aliphatic carbocycles. The smallest absolute Gasteiger partial charge is 0.267 e. The average Bonchev–Trinajstić information content (AvgIpc) is 3.05. The summed E-state index contributed by atoms with van der Waals surface area (Å²) in [5.41, 5.74) is 5.16. The van der Waals surface area contributed by atoms with Gasteiger partial charge in [0, 0.05) is 20.7 Å². The van der Waals surface area contributed by atoms with E-state index in [0.29, 0.717) is 21.0 Å². The maximum Gasteiger partial charge on any atom is 0.267 e. The molecule has 0 aliphatic heterocycles. The Labute approximate surface area is 206 Å². The highest BCUT2D eigenvalue weighted by atomic mass is 35.5. The first-order chi connectivity index (χ1) is 15.3. The third kappa shape index (κ3) is 4.49. The van der Waals surface area contributed by atoms with Crippen LogP contribution in [0.25, 0.3) is 15.9 Å². The topological polar surface area (TPSA) is 34.9 Å². The number of fused-ring (bicyclic) bond motifs is 1. The van der Waals surface area contributed by atoms with Crippen molar-refractivity contribution in [3.63, 3.8) is 0 Å². The van der Waals surface area contributed by atoms with Crippen LogP contribution in [-0.4, -0.2) is 9.55 Å². The highest BCUT2D eigenvalue weighted by Crippen LogP contribution is 2.33. The monoisotopic (exact) mass is 502 g/mol. The lowest BCUT2D eigenvalue weighted by Gasteiger charge is -2.14. The number of hydrogen-bond donors (Lipinski definition) is 0. The molecule has 4 rings (SSSR count). The highest BCUT2D eigenvalue weighted by molar-refractivity contribution is 7.98. The van der Waals surface area contributed by atoms with Gasteiger partial charge in [-0.3, -0.25) is 9.36 Å². The van der Waals surface area contributed by atoms with Gasteiger partial charge in [0.05, 0.1) is 11.1 Å². The summed E-state index contributed by atoms with van der Waals surface area (Å²) in [6, 6.07) is 11.6. The Balaban J connectivity index is 1.88. The van der Waals surface area contributed by atoms with Gasteiger partial charge < -0.3 is 0 Å². The number of thiophene rings is 1. The molecule has 0 radical (unpaired) electrons. The van der Waals surface area contributed by atoms with Gasteiger partial charge in [-0.15, -0.1) is 11.3 Å². The normalized spacial score (nSPS) is 11.4. The predicted octanol–water partition coefficient (Wildman–Crippen LogP) is 7.92. The van der Waals surface area contributed by atoms with Crippen molar-refractivity contribution in [3.8, 4) is 5.69 Å². The molecule has 2 aromatic heterocycles. The molecule has 0 aliphatic rings. The van der Waals surface area contributed by atoms with Gasteiger partial charge in [0.2, 0.25) is 0 Å². The fourth-order valence-corrected chi connectivity index (χ4v) is 6.54. The maximum absolute atomic E-state index is 13.8. The van der Waals surface area contributed by atoms with Gasteiger partial charge in [-0.1, -0.05) is 60.4 Å². The van der Waals surface area contributed by atoms with Crippen LogP contribution in [0.4, 0.5) is 0 Å². The number of benzene rings is 2. The molecule has 0 spiro atoms. The summed E-state index contributed by atoms with van der Waals surface area (Å²) < 4.78 is 1.75. The van der Waals surface area contributed by atoms with Crippen LogP contribution in [0, 0.1) is 20.8 Å². The third-order valence-corrected chi connectivity index (χ3v) is 8.45. The number of aromatic nitrogens is 2. The van der Waals surface area contributed by atoms with Crippen LogP contribution in [0.15, 0.2) is 46.3 Å². The molecule has 32 heavy (non-hydrogen) atoms. The lowest BCUT2D eigenvalue weighted by atomic mass is 10.1. The van der Waals surface area contributed by atoms with E-state index in [9.17, 15) is 4.79 Å². The van der Waals surface area contributed by atoms with Gasteiger partial charge in [-0.2, -0.15) is 0 Å². The van der Waals surface area contributed by atoms with E-state index >= 15 is 0 Å². The standard InChI is InChI=1S/C25H24Cl2N2OS2/c1-5-6-21-16(4)22-23(32-21)28-25(31-13-17-8-9-18(26)12-20(17)27)29(24(22)30)19-10-7-14(2)15(3)11-19/h7-12H,5-6,13H2,1-4H3. The zero-order chi connectivity index (χ0) is 23.0. The molecule has 166 valence electrons. The fraction of sp³-hybridized carbons (Fsp3) is 0.280. The highest BCUT2D eigenvalue weighted by Gasteiger charge is 2.19. The number of rotatable bonds is 6. The zero-order valence-electron chi connectivity index (χ0n) is 18.5. The summed E-state index contributed by atoms with van der Waals surface area (Å²) in [4.78, 5) is 20.8. The van der Waals surface area contributed by atoms with E-state index in [2.05, 4.69) is 32.9 Å². The van der Waals surface area contributed by atoms with Crippen LogP contribution in [-0.2, 0) is 12.2 Å². The molecular weight excluding hydrogens is 479 g/mol. The summed E-state index contributed by atoms with van der Waals surface area (Å²) in [7, 11) is 0. The van der Waals surface area contributed by atoms with Crippen molar-refractivity contribution >= 4 is 56.5 Å². The molecule has 0 amide bonds. The average molecular weight is 504 g/mol. The van der Waals surface area contributed by atoms with Crippen molar-refractivity contribution < 1.29 is 0 Å². The Kier molecular flexibility index (Phi) is 7.01. The minimum atomic E-state index is -0.0148. The van der Waals surface area contributed by atoms with Crippen molar-refractivity contribution in [2.45, 2.75) is 51.4 Å². The second kappa shape index (κ2) is 9.60. The molecule has 0 saturated carbocycles. The first kappa shape index (κ1) is 23.4. The Hall–Kier alpha value is -1.79. The molecule has 2 aromatic carbocycles. The SMILES string of the molecule is CCCc1sc2nc(SCc3ccc(Cl)cc3Cl)n(-c3ccc(C)c(C)c3)c(=O)c2c1C. The summed E-state index contributed by atoms with van der Waals surface area (Å²) in [6.45, 7) is 8.33. The number of halogens is 2. The largest absolute Gasteiger partial charge is 0.268 e. The third-order valence-electron chi connectivity index (χ3n) is 5.63. The van der Waals surface area contributed by atoms with E-state index in [1.54, 1.807) is 22.0 Å². The van der Waals surface area contributed by atoms with Crippen LogP contribution < -0.4 is 5.56 Å². The molecule has 0 bridgehead atoms. The van der Waals surface area contributed by atoms with Gasteiger partial charge in [0.25, 0.3) is 5.56 Å². The quantitative estimate of drug-likeness (QED) is 0.198. The second-order valence-corrected chi connectivity index (χ2v) is 10.8. The minimum Gasteiger partial charge on any atom is -0.268 e. The first-order valence-electron chi connectivity index (χ1n) is 10.5. The van der Waals surface area contributed by atoms with Crippen molar-refractivity contribution in [1.29, 1.82) is 0 Å². The van der Waals surface area contributed by atoms with Gasteiger partial charge >= 0.3 is 0 Å². The molecule has 3 nitrogen and oxygen atoms in total. The molecule has 0 atom stereocenters. The van der Waals surface area contributed by atoms with Crippen molar-refractivity contribution in [1.82, 2.24) is 9.55 Å². The minimum absolute atomic E-state index is 0.0148. The second-order valence-electron chi connectivity index (χ2n) is 7.91. The van der Waals surface area contributed by atoms with E-state index in [-0.39, 0.29) is 5.56 Å². The number of aryl methyl sites for hydroxylation is 4. The fourth-order valence-electron chi connectivity index (χ4n) is 3.65. The van der Waals surface area contributed by atoms with Crippen LogP contribution in [0.5, 0.6) is 0 Å². The molecular formula is C25H24Cl2N2OS2. The van der Waals surface area contributed by atoms with Crippen LogP contribution in [0.1, 0.15) is 40.5 Å². The van der Waals surface area contributed by atoms with Crippen molar-refractivity contribution in [3.05, 3.63) is 83.9 Å². The lowest BCUT2D eigenvalue weighted by Crippen LogP contribution is -2.22. The van der Waals surface area contributed by atoms with Crippen molar-refractivity contribution in [2.24, 2.45) is 0 Å². The van der Waals surface area contributed by atoms with E-state index in [4.69, 9.17) is 28.2 Å². The van der Waals surface area contributed by atoms with Crippen LogP contribution in [0.2, 0.25) is 10.0 Å². The summed E-state index contributed by atoms with van der Waals surface area (Å²) >= 11 is 15.6. The number of nitrogens with zero attached hydrogens (tertiary/aromatic N) is 2. The van der Waals surface area contributed by atoms with Gasteiger partial charge in [0.1, 0.15) is 4.83 Å². The van der Waals surface area contributed by atoms with E-state index in [0.717, 1.165) is 45.4 Å². The molecule has 0 N–H and O–H groups in total. The summed E-state index contributed by atoms with van der Waals surface area (Å²) in [6.07, 6.45) is 1.99. The lowest BCUT2D eigenvalue weighted by molar-refractivity contribution is 0.820. The molecule has 0 unspecified atom stereocenters. The molecule has 0 fully saturated rings. The number of hydrogen-bond acceptors (Lipinski definition) is 4. The first-order valence-corrected chi connectivity index (χ1v) is 13.0. The van der Waals surface area contributed by atoms with Crippen LogP contribution >= 0.6 is 46.3 Å². The Morgan fingerprint density at radius 1 is 1.06 bits per heavy atom. The summed E-state index contributed by atoms with van der Waals surface area (Å²) in [5, 5.41) is 2.61. The molecule has 7 heteroatoms.